The van der Waals surface area contributed by atoms with Crippen LogP contribution in [-0.4, -0.2) is 33.9 Å². The van der Waals surface area contributed by atoms with Gasteiger partial charge in [-0.15, -0.1) is 0 Å². The minimum absolute atomic E-state index is 0.0276. The Kier molecular flexibility index (Phi) is 6.12. The molecule has 1 aromatic heterocycles. The molecule has 0 unspecified atom stereocenters. The van der Waals surface area contributed by atoms with Crippen molar-refractivity contribution in [1.82, 2.24) is 9.88 Å². The lowest BCUT2D eigenvalue weighted by molar-refractivity contribution is -0.116. The maximum absolute atomic E-state index is 12.9. The van der Waals surface area contributed by atoms with Gasteiger partial charge in [0.15, 0.2) is 0 Å². The van der Waals surface area contributed by atoms with Crippen molar-refractivity contribution in [2.45, 2.75) is 16.9 Å². The SMILES string of the molecule is O=C1CN(Cc2ccncc2-c2cccc(Cl)c2)C(=O)N1c1ccc(SC(F)(F)F)cc1. The van der Waals surface area contributed by atoms with Crippen molar-refractivity contribution in [2.24, 2.45) is 0 Å². The van der Waals surface area contributed by atoms with Crippen molar-refractivity contribution in [3.05, 3.63) is 77.6 Å². The molecule has 1 aliphatic rings. The molecule has 0 aliphatic carbocycles. The van der Waals surface area contributed by atoms with Crippen LogP contribution in [0.15, 0.2) is 71.9 Å². The van der Waals surface area contributed by atoms with E-state index in [9.17, 15) is 22.8 Å². The first-order chi connectivity index (χ1) is 15.2. The maximum Gasteiger partial charge on any atom is 0.446 e. The van der Waals surface area contributed by atoms with E-state index in [1.54, 1.807) is 36.7 Å². The van der Waals surface area contributed by atoms with Crippen LogP contribution in [0.1, 0.15) is 5.56 Å². The molecule has 5 nitrogen and oxygen atoms in total. The van der Waals surface area contributed by atoms with Crippen LogP contribution in [-0.2, 0) is 11.3 Å². The third kappa shape index (κ3) is 4.89. The van der Waals surface area contributed by atoms with Gasteiger partial charge in [0.05, 0.1) is 5.69 Å². The van der Waals surface area contributed by atoms with Crippen molar-refractivity contribution >= 4 is 41.0 Å². The number of carbonyl (C=O) groups excluding carboxylic acids is 2. The Balaban J connectivity index is 1.55. The monoisotopic (exact) mass is 477 g/mol. The molecule has 0 N–H and O–H groups in total. The zero-order valence-corrected chi connectivity index (χ0v) is 17.9. The van der Waals surface area contributed by atoms with Gasteiger partial charge in [0.25, 0.3) is 5.91 Å². The standard InChI is InChI=1S/C22H15ClF3N3O2S/c23-16-3-1-2-14(10-16)19-11-27-9-8-15(19)12-28-13-20(30)29(21(28)31)17-4-6-18(7-5-17)32-22(24,25)26/h1-11H,12-13H2. The zero-order chi connectivity index (χ0) is 22.9. The Morgan fingerprint density at radius 2 is 1.81 bits per heavy atom. The van der Waals surface area contributed by atoms with Crippen LogP contribution in [0.25, 0.3) is 11.1 Å². The smallest absolute Gasteiger partial charge is 0.310 e. The van der Waals surface area contributed by atoms with E-state index < -0.39 is 17.4 Å². The number of benzene rings is 2. The molecule has 1 saturated heterocycles. The minimum Gasteiger partial charge on any atom is -0.310 e. The second-order valence-corrected chi connectivity index (χ2v) is 8.53. The van der Waals surface area contributed by atoms with Gasteiger partial charge in [-0.3, -0.25) is 9.78 Å². The van der Waals surface area contributed by atoms with Crippen molar-refractivity contribution < 1.29 is 22.8 Å². The Morgan fingerprint density at radius 1 is 1.06 bits per heavy atom. The van der Waals surface area contributed by atoms with E-state index in [4.69, 9.17) is 11.6 Å². The molecule has 0 bridgehead atoms. The van der Waals surface area contributed by atoms with Crippen LogP contribution in [0.4, 0.5) is 23.7 Å². The summed E-state index contributed by atoms with van der Waals surface area (Å²) in [4.78, 5) is 32.0. The number of pyridine rings is 1. The molecule has 2 heterocycles. The predicted octanol–water partition coefficient (Wildman–Crippen LogP) is 5.98. The van der Waals surface area contributed by atoms with E-state index in [1.165, 1.54) is 29.2 Å². The number of amides is 3. The van der Waals surface area contributed by atoms with Gasteiger partial charge in [-0.05, 0) is 65.4 Å². The number of alkyl halides is 3. The zero-order valence-electron chi connectivity index (χ0n) is 16.3. The van der Waals surface area contributed by atoms with E-state index in [-0.39, 0.29) is 35.4 Å². The molecular formula is C22H15ClF3N3O2S. The predicted molar refractivity (Wildman–Crippen MR) is 116 cm³/mol. The summed E-state index contributed by atoms with van der Waals surface area (Å²) in [6.07, 6.45) is 3.26. The highest BCUT2D eigenvalue weighted by Crippen LogP contribution is 2.37. The number of rotatable bonds is 5. The third-order valence-electron chi connectivity index (χ3n) is 4.77. The summed E-state index contributed by atoms with van der Waals surface area (Å²) < 4.78 is 37.6. The minimum atomic E-state index is -4.41. The number of halogens is 4. The van der Waals surface area contributed by atoms with Gasteiger partial charge in [0, 0.05) is 34.4 Å². The fourth-order valence-electron chi connectivity index (χ4n) is 3.41. The van der Waals surface area contributed by atoms with Crippen molar-refractivity contribution in [1.29, 1.82) is 0 Å². The number of nitrogens with zero attached hydrogens (tertiary/aromatic N) is 3. The Bertz CT molecular complexity index is 1170. The lowest BCUT2D eigenvalue weighted by Crippen LogP contribution is -2.32. The summed E-state index contributed by atoms with van der Waals surface area (Å²) in [6, 6.07) is 13.6. The first-order valence-corrected chi connectivity index (χ1v) is 10.6. The van der Waals surface area contributed by atoms with Crippen molar-refractivity contribution in [3.8, 4) is 11.1 Å². The summed E-state index contributed by atoms with van der Waals surface area (Å²) in [5.41, 5.74) is -1.81. The van der Waals surface area contributed by atoms with Gasteiger partial charge in [0.2, 0.25) is 0 Å². The van der Waals surface area contributed by atoms with Crippen molar-refractivity contribution in [3.63, 3.8) is 0 Å². The number of carbonyl (C=O) groups is 2. The fourth-order valence-corrected chi connectivity index (χ4v) is 4.14. The van der Waals surface area contributed by atoms with Crippen LogP contribution in [0.5, 0.6) is 0 Å². The van der Waals surface area contributed by atoms with Crippen LogP contribution < -0.4 is 4.90 Å². The molecule has 3 aromatic rings. The number of hydrogen-bond acceptors (Lipinski definition) is 4. The van der Waals surface area contributed by atoms with Crippen molar-refractivity contribution in [2.75, 3.05) is 11.4 Å². The average Bonchev–Trinajstić information content (AvgIpc) is 3.01. The van der Waals surface area contributed by atoms with Crippen LogP contribution in [0.2, 0.25) is 5.02 Å². The molecule has 0 spiro atoms. The van der Waals surface area contributed by atoms with E-state index in [0.717, 1.165) is 21.6 Å². The van der Waals surface area contributed by atoms with Gasteiger partial charge >= 0.3 is 11.5 Å². The molecule has 164 valence electrons. The van der Waals surface area contributed by atoms with Gasteiger partial charge in [-0.1, -0.05) is 23.7 Å². The van der Waals surface area contributed by atoms with Gasteiger partial charge in [-0.2, -0.15) is 13.2 Å². The molecule has 1 aliphatic heterocycles. The quantitative estimate of drug-likeness (QED) is 0.335. The fraction of sp³-hybridized carbons (Fsp3) is 0.136. The second kappa shape index (κ2) is 8.84. The van der Waals surface area contributed by atoms with E-state index in [2.05, 4.69) is 4.98 Å². The molecule has 0 atom stereocenters. The summed E-state index contributed by atoms with van der Waals surface area (Å²) in [5, 5.41) is 0.558. The highest BCUT2D eigenvalue weighted by molar-refractivity contribution is 8.00. The number of urea groups is 1. The largest absolute Gasteiger partial charge is 0.446 e. The summed E-state index contributed by atoms with van der Waals surface area (Å²) in [5.74, 6) is -0.454. The number of hydrogen-bond donors (Lipinski definition) is 0. The number of aromatic nitrogens is 1. The summed E-state index contributed by atoms with van der Waals surface area (Å²) >= 11 is 5.84. The van der Waals surface area contributed by atoms with Crippen LogP contribution in [0, 0.1) is 0 Å². The van der Waals surface area contributed by atoms with Gasteiger partial charge < -0.3 is 4.90 Å². The summed E-state index contributed by atoms with van der Waals surface area (Å²) in [6.45, 7) is 0.0165. The molecule has 0 saturated carbocycles. The molecule has 10 heteroatoms. The number of thioether (sulfide) groups is 1. The van der Waals surface area contributed by atoms with Crippen LogP contribution in [0.3, 0.4) is 0 Å². The Morgan fingerprint density at radius 3 is 2.50 bits per heavy atom. The highest BCUT2D eigenvalue weighted by atomic mass is 35.5. The number of anilines is 1. The highest BCUT2D eigenvalue weighted by Gasteiger charge is 2.37. The second-order valence-electron chi connectivity index (χ2n) is 6.95. The average molecular weight is 478 g/mol. The molecule has 3 amide bonds. The van der Waals surface area contributed by atoms with Crippen LogP contribution >= 0.6 is 23.4 Å². The van der Waals surface area contributed by atoms with Gasteiger partial charge in [-0.25, -0.2) is 9.69 Å². The van der Waals surface area contributed by atoms with Gasteiger partial charge in [0.1, 0.15) is 6.54 Å². The number of imide groups is 1. The lowest BCUT2D eigenvalue weighted by Gasteiger charge is -2.19. The Hall–Kier alpha value is -3.04. The molecule has 1 fully saturated rings. The lowest BCUT2D eigenvalue weighted by atomic mass is 10.0. The molecular weight excluding hydrogens is 463 g/mol. The molecule has 2 aromatic carbocycles. The normalized spacial score (nSPS) is 14.4. The molecule has 4 rings (SSSR count). The first kappa shape index (κ1) is 22.2. The maximum atomic E-state index is 12.9. The van der Waals surface area contributed by atoms with E-state index in [0.29, 0.717) is 5.02 Å². The molecule has 32 heavy (non-hydrogen) atoms. The topological polar surface area (TPSA) is 53.5 Å². The van der Waals surface area contributed by atoms with E-state index in [1.807, 2.05) is 6.07 Å². The Labute approximate surface area is 190 Å². The first-order valence-electron chi connectivity index (χ1n) is 9.38. The third-order valence-corrected chi connectivity index (χ3v) is 5.75. The van der Waals surface area contributed by atoms with E-state index >= 15 is 0 Å². The summed E-state index contributed by atoms with van der Waals surface area (Å²) in [7, 11) is 0. The molecule has 0 radical (unpaired) electrons.